The third kappa shape index (κ3) is 4.83. The largest absolute Gasteiger partial charge is 0.378 e. The van der Waals surface area contributed by atoms with Crippen molar-refractivity contribution in [1.82, 2.24) is 5.32 Å². The molecule has 1 fully saturated rings. The number of ether oxygens (including phenoxy) is 1. The average Bonchev–Trinajstić information content (AvgIpc) is 2.48. The van der Waals surface area contributed by atoms with Gasteiger partial charge in [-0.1, -0.05) is 12.1 Å². The molecule has 1 aliphatic rings. The van der Waals surface area contributed by atoms with Crippen molar-refractivity contribution in [3.05, 3.63) is 29.8 Å². The first-order valence-electron chi connectivity index (χ1n) is 7.16. The zero-order valence-corrected chi connectivity index (χ0v) is 11.8. The molecule has 2 rings (SSSR count). The number of hydrogen-bond acceptors (Lipinski definition) is 4. The minimum absolute atomic E-state index is 0.235. The maximum absolute atomic E-state index is 10.6. The van der Waals surface area contributed by atoms with Crippen LogP contribution >= 0.6 is 0 Å². The molecule has 0 aliphatic carbocycles. The van der Waals surface area contributed by atoms with Crippen molar-refractivity contribution < 1.29 is 9.53 Å². The van der Waals surface area contributed by atoms with E-state index in [0.717, 1.165) is 45.8 Å². The third-order valence-corrected chi connectivity index (χ3v) is 3.42. The molecule has 1 amide bonds. The Labute approximate surface area is 120 Å². The molecule has 1 aromatic carbocycles. The van der Waals surface area contributed by atoms with E-state index in [1.54, 1.807) is 0 Å². The lowest BCUT2D eigenvalue weighted by Gasteiger charge is -2.28. The van der Waals surface area contributed by atoms with Crippen molar-refractivity contribution in [2.45, 2.75) is 19.4 Å². The Morgan fingerprint density at radius 2 is 1.95 bits per heavy atom. The minimum Gasteiger partial charge on any atom is -0.378 e. The van der Waals surface area contributed by atoms with Crippen LogP contribution in [-0.2, 0) is 16.1 Å². The Kier molecular flexibility index (Phi) is 5.83. The van der Waals surface area contributed by atoms with Gasteiger partial charge in [0.1, 0.15) is 0 Å². The number of anilines is 1. The molecule has 0 atom stereocenters. The van der Waals surface area contributed by atoms with Crippen LogP contribution in [0.15, 0.2) is 24.3 Å². The molecule has 1 aliphatic heterocycles. The number of nitrogens with one attached hydrogen (secondary N) is 1. The number of primary amides is 1. The predicted octanol–water partition coefficient (Wildman–Crippen LogP) is 0.878. The fourth-order valence-electron chi connectivity index (χ4n) is 2.27. The van der Waals surface area contributed by atoms with Crippen LogP contribution in [-0.4, -0.2) is 38.8 Å². The van der Waals surface area contributed by atoms with Crippen molar-refractivity contribution >= 4 is 11.6 Å². The molecule has 0 saturated carbocycles. The van der Waals surface area contributed by atoms with Gasteiger partial charge in [0.05, 0.1) is 13.2 Å². The number of morpholine rings is 1. The summed E-state index contributed by atoms with van der Waals surface area (Å²) in [6, 6.07) is 8.61. The molecule has 20 heavy (non-hydrogen) atoms. The van der Waals surface area contributed by atoms with Crippen LogP contribution in [0, 0.1) is 0 Å². The van der Waals surface area contributed by atoms with E-state index in [1.807, 2.05) is 0 Å². The molecule has 1 heterocycles. The van der Waals surface area contributed by atoms with Crippen LogP contribution < -0.4 is 16.0 Å². The number of amides is 1. The molecule has 1 saturated heterocycles. The van der Waals surface area contributed by atoms with Gasteiger partial charge in [-0.15, -0.1) is 0 Å². The highest BCUT2D eigenvalue weighted by molar-refractivity contribution is 5.73. The zero-order chi connectivity index (χ0) is 14.2. The quantitative estimate of drug-likeness (QED) is 0.726. The summed E-state index contributed by atoms with van der Waals surface area (Å²) >= 11 is 0. The summed E-state index contributed by atoms with van der Waals surface area (Å²) in [5.74, 6) is -0.235. The lowest BCUT2D eigenvalue weighted by molar-refractivity contribution is -0.118. The van der Waals surface area contributed by atoms with E-state index in [1.165, 1.54) is 11.3 Å². The molecular formula is C15H23N3O2. The van der Waals surface area contributed by atoms with E-state index in [2.05, 4.69) is 34.5 Å². The van der Waals surface area contributed by atoms with Crippen LogP contribution in [0.2, 0.25) is 0 Å². The maximum Gasteiger partial charge on any atom is 0.217 e. The molecule has 0 unspecified atom stereocenters. The lowest BCUT2D eigenvalue weighted by Crippen LogP contribution is -2.36. The highest BCUT2D eigenvalue weighted by atomic mass is 16.5. The van der Waals surface area contributed by atoms with Crippen molar-refractivity contribution in [1.29, 1.82) is 0 Å². The molecule has 0 bridgehead atoms. The average molecular weight is 277 g/mol. The van der Waals surface area contributed by atoms with E-state index >= 15 is 0 Å². The Bertz CT molecular complexity index is 414. The Hall–Kier alpha value is -1.59. The van der Waals surface area contributed by atoms with Crippen LogP contribution in [0.3, 0.4) is 0 Å². The number of rotatable bonds is 7. The van der Waals surface area contributed by atoms with Gasteiger partial charge in [-0.25, -0.2) is 0 Å². The topological polar surface area (TPSA) is 67.6 Å². The molecule has 0 aromatic heterocycles. The van der Waals surface area contributed by atoms with Crippen LogP contribution in [0.5, 0.6) is 0 Å². The normalized spacial score (nSPS) is 15.3. The number of nitrogens with zero attached hydrogens (tertiary/aromatic N) is 1. The van der Waals surface area contributed by atoms with Gasteiger partial charge in [0.2, 0.25) is 5.91 Å². The standard InChI is InChI=1S/C15H23N3O2/c16-15(19)2-1-7-17-12-13-3-5-14(6-4-13)18-8-10-20-11-9-18/h3-6,17H,1-2,7-12H2,(H2,16,19). The monoisotopic (exact) mass is 277 g/mol. The maximum atomic E-state index is 10.6. The Balaban J connectivity index is 1.72. The fraction of sp³-hybridized carbons (Fsp3) is 0.533. The second-order valence-electron chi connectivity index (χ2n) is 5.01. The van der Waals surface area contributed by atoms with E-state index in [9.17, 15) is 4.79 Å². The molecule has 110 valence electrons. The van der Waals surface area contributed by atoms with Gasteiger partial charge in [0.15, 0.2) is 0 Å². The van der Waals surface area contributed by atoms with Crippen LogP contribution in [0.25, 0.3) is 0 Å². The first-order valence-corrected chi connectivity index (χ1v) is 7.16. The summed E-state index contributed by atoms with van der Waals surface area (Å²) in [6.45, 7) is 5.18. The second kappa shape index (κ2) is 7.87. The molecule has 0 radical (unpaired) electrons. The summed E-state index contributed by atoms with van der Waals surface area (Å²) in [5.41, 5.74) is 7.60. The van der Waals surface area contributed by atoms with Crippen molar-refractivity contribution in [3.8, 4) is 0 Å². The van der Waals surface area contributed by atoms with Crippen molar-refractivity contribution in [3.63, 3.8) is 0 Å². The number of carbonyl (C=O) groups excluding carboxylic acids is 1. The summed E-state index contributed by atoms with van der Waals surface area (Å²) in [7, 11) is 0. The first-order chi connectivity index (χ1) is 9.75. The Morgan fingerprint density at radius 1 is 1.25 bits per heavy atom. The summed E-state index contributed by atoms with van der Waals surface area (Å²) in [6.07, 6.45) is 1.24. The number of benzene rings is 1. The summed E-state index contributed by atoms with van der Waals surface area (Å²) in [4.78, 5) is 12.9. The molecular weight excluding hydrogens is 254 g/mol. The number of hydrogen-bond donors (Lipinski definition) is 2. The van der Waals surface area contributed by atoms with Gasteiger partial charge < -0.3 is 20.7 Å². The summed E-state index contributed by atoms with van der Waals surface area (Å²) < 4.78 is 5.35. The van der Waals surface area contributed by atoms with Crippen LogP contribution in [0.1, 0.15) is 18.4 Å². The van der Waals surface area contributed by atoms with E-state index in [-0.39, 0.29) is 5.91 Å². The zero-order valence-electron chi connectivity index (χ0n) is 11.8. The van der Waals surface area contributed by atoms with Crippen LogP contribution in [0.4, 0.5) is 5.69 Å². The minimum atomic E-state index is -0.235. The van der Waals surface area contributed by atoms with Crippen molar-refractivity contribution in [2.24, 2.45) is 5.73 Å². The van der Waals surface area contributed by atoms with Gasteiger partial charge in [0, 0.05) is 31.7 Å². The first kappa shape index (κ1) is 14.8. The van der Waals surface area contributed by atoms with E-state index in [4.69, 9.17) is 10.5 Å². The predicted molar refractivity (Wildman–Crippen MR) is 79.6 cm³/mol. The highest BCUT2D eigenvalue weighted by Gasteiger charge is 2.10. The van der Waals surface area contributed by atoms with Crippen molar-refractivity contribution in [2.75, 3.05) is 37.7 Å². The molecule has 5 heteroatoms. The fourth-order valence-corrected chi connectivity index (χ4v) is 2.27. The van der Waals surface area contributed by atoms with Gasteiger partial charge in [0.25, 0.3) is 0 Å². The van der Waals surface area contributed by atoms with Gasteiger partial charge >= 0.3 is 0 Å². The molecule has 5 nitrogen and oxygen atoms in total. The molecule has 3 N–H and O–H groups in total. The van der Waals surface area contributed by atoms with Gasteiger partial charge in [-0.2, -0.15) is 0 Å². The van der Waals surface area contributed by atoms with Gasteiger partial charge in [-0.3, -0.25) is 4.79 Å². The van der Waals surface area contributed by atoms with E-state index < -0.39 is 0 Å². The molecule has 0 spiro atoms. The van der Waals surface area contributed by atoms with E-state index in [0.29, 0.717) is 6.42 Å². The molecule has 1 aromatic rings. The SMILES string of the molecule is NC(=O)CCCNCc1ccc(N2CCOCC2)cc1. The summed E-state index contributed by atoms with van der Waals surface area (Å²) in [5, 5.41) is 3.31. The second-order valence-corrected chi connectivity index (χ2v) is 5.01. The lowest BCUT2D eigenvalue weighted by atomic mass is 10.2. The highest BCUT2D eigenvalue weighted by Crippen LogP contribution is 2.16. The smallest absolute Gasteiger partial charge is 0.217 e. The van der Waals surface area contributed by atoms with Gasteiger partial charge in [-0.05, 0) is 30.7 Å². The number of nitrogens with two attached hydrogens (primary N) is 1. The Morgan fingerprint density at radius 3 is 2.60 bits per heavy atom. The number of carbonyl (C=O) groups is 1. The third-order valence-electron chi connectivity index (χ3n) is 3.42.